The number of carbonyl (C=O) groups excluding carboxylic acids is 2. The Morgan fingerprint density at radius 1 is 0.882 bits per heavy atom. The summed E-state index contributed by atoms with van der Waals surface area (Å²) in [6, 6.07) is 19.4. The first-order chi connectivity index (χ1) is 16.4. The topological polar surface area (TPSA) is 79.5 Å². The molecule has 0 unspecified atom stereocenters. The number of ether oxygens (including phenoxy) is 1. The molecule has 178 valence electrons. The standard InChI is InChI=1S/C25H24F3N3O3/c26-21-11-8-19(15-22(21)31-23(32)14-18-4-2-1-3-5-18)30-16-24(33)29-13-12-17-6-9-20(10-7-17)34-25(27)28/h1-11,15,25,30H,12-14,16H2,(H,29,33)(H,31,32). The van der Waals surface area contributed by atoms with Crippen molar-refractivity contribution in [3.05, 3.63) is 89.7 Å². The van der Waals surface area contributed by atoms with Crippen molar-refractivity contribution in [2.45, 2.75) is 19.5 Å². The van der Waals surface area contributed by atoms with Crippen LogP contribution in [0.5, 0.6) is 5.75 Å². The van der Waals surface area contributed by atoms with Gasteiger partial charge >= 0.3 is 6.61 Å². The fraction of sp³-hybridized carbons (Fsp3) is 0.200. The number of halogens is 3. The molecule has 0 bridgehead atoms. The van der Waals surface area contributed by atoms with Crippen LogP contribution < -0.4 is 20.7 Å². The normalized spacial score (nSPS) is 10.6. The highest BCUT2D eigenvalue weighted by Gasteiger charge is 2.10. The molecule has 0 aliphatic rings. The van der Waals surface area contributed by atoms with E-state index in [0.717, 1.165) is 11.1 Å². The SMILES string of the molecule is O=C(CNc1ccc(F)c(NC(=O)Cc2ccccc2)c1)NCCc1ccc(OC(F)F)cc1. The summed E-state index contributed by atoms with van der Waals surface area (Å²) in [5.41, 5.74) is 2.15. The van der Waals surface area contributed by atoms with Crippen molar-refractivity contribution in [2.75, 3.05) is 23.7 Å². The second-order valence-electron chi connectivity index (χ2n) is 7.38. The van der Waals surface area contributed by atoms with Crippen LogP contribution in [0.25, 0.3) is 0 Å². The second-order valence-corrected chi connectivity index (χ2v) is 7.38. The summed E-state index contributed by atoms with van der Waals surface area (Å²) in [5.74, 6) is -1.14. The van der Waals surface area contributed by atoms with Crippen LogP contribution in [-0.2, 0) is 22.4 Å². The molecule has 0 aromatic heterocycles. The molecule has 3 aromatic carbocycles. The molecule has 2 amide bonds. The highest BCUT2D eigenvalue weighted by Crippen LogP contribution is 2.20. The zero-order valence-electron chi connectivity index (χ0n) is 18.2. The average molecular weight is 471 g/mol. The molecule has 0 fully saturated rings. The predicted molar refractivity (Wildman–Crippen MR) is 123 cm³/mol. The van der Waals surface area contributed by atoms with Gasteiger partial charge in [0.05, 0.1) is 18.7 Å². The summed E-state index contributed by atoms with van der Waals surface area (Å²) in [6.45, 7) is -2.58. The molecule has 3 N–H and O–H groups in total. The maximum Gasteiger partial charge on any atom is 0.387 e. The Kier molecular flexibility index (Phi) is 8.90. The Labute approximate surface area is 195 Å². The average Bonchev–Trinajstić information content (AvgIpc) is 2.81. The van der Waals surface area contributed by atoms with E-state index in [2.05, 4.69) is 20.7 Å². The van der Waals surface area contributed by atoms with E-state index in [1.54, 1.807) is 12.1 Å². The van der Waals surface area contributed by atoms with Crippen LogP contribution in [0.3, 0.4) is 0 Å². The summed E-state index contributed by atoms with van der Waals surface area (Å²) in [4.78, 5) is 24.3. The number of anilines is 2. The van der Waals surface area contributed by atoms with Crippen LogP contribution in [0.2, 0.25) is 0 Å². The molecule has 0 heterocycles. The largest absolute Gasteiger partial charge is 0.435 e. The van der Waals surface area contributed by atoms with Gasteiger partial charge in [0.1, 0.15) is 11.6 Å². The number of benzene rings is 3. The maximum absolute atomic E-state index is 14.1. The quantitative estimate of drug-likeness (QED) is 0.388. The van der Waals surface area contributed by atoms with E-state index in [1.807, 2.05) is 30.3 Å². The third-order valence-electron chi connectivity index (χ3n) is 4.79. The van der Waals surface area contributed by atoms with E-state index in [0.29, 0.717) is 18.7 Å². The van der Waals surface area contributed by atoms with Gasteiger partial charge in [-0.1, -0.05) is 42.5 Å². The smallest absolute Gasteiger partial charge is 0.387 e. The molecule has 0 saturated heterocycles. The molecule has 3 aromatic rings. The third kappa shape index (κ3) is 8.16. The van der Waals surface area contributed by atoms with Gasteiger partial charge < -0.3 is 20.7 Å². The van der Waals surface area contributed by atoms with Crippen LogP contribution >= 0.6 is 0 Å². The minimum atomic E-state index is -2.87. The lowest BCUT2D eigenvalue weighted by Crippen LogP contribution is -2.31. The fourth-order valence-electron chi connectivity index (χ4n) is 3.14. The number of carbonyl (C=O) groups is 2. The number of hydrogen-bond donors (Lipinski definition) is 3. The Morgan fingerprint density at radius 2 is 1.62 bits per heavy atom. The maximum atomic E-state index is 14.1. The van der Waals surface area contributed by atoms with Gasteiger partial charge in [-0.25, -0.2) is 4.39 Å². The van der Waals surface area contributed by atoms with E-state index in [-0.39, 0.29) is 36.2 Å². The first-order valence-corrected chi connectivity index (χ1v) is 10.6. The van der Waals surface area contributed by atoms with Crippen molar-refractivity contribution in [2.24, 2.45) is 0 Å². The van der Waals surface area contributed by atoms with Crippen molar-refractivity contribution >= 4 is 23.2 Å². The monoisotopic (exact) mass is 471 g/mol. The predicted octanol–water partition coefficient (Wildman–Crippen LogP) is 4.38. The van der Waals surface area contributed by atoms with Crippen LogP contribution in [0.4, 0.5) is 24.5 Å². The number of hydrogen-bond acceptors (Lipinski definition) is 4. The number of rotatable bonds is 11. The Balaban J connectivity index is 1.43. The number of alkyl halides is 2. The second kappa shape index (κ2) is 12.3. The summed E-state index contributed by atoms with van der Waals surface area (Å²) < 4.78 is 42.8. The van der Waals surface area contributed by atoms with Crippen molar-refractivity contribution in [1.29, 1.82) is 0 Å². The summed E-state index contributed by atoms with van der Waals surface area (Å²) in [7, 11) is 0. The molecule has 34 heavy (non-hydrogen) atoms. The highest BCUT2D eigenvalue weighted by atomic mass is 19.3. The van der Waals surface area contributed by atoms with Gasteiger partial charge in [-0.2, -0.15) is 8.78 Å². The fourth-order valence-corrected chi connectivity index (χ4v) is 3.14. The minimum absolute atomic E-state index is 0.0191. The molecule has 0 saturated carbocycles. The van der Waals surface area contributed by atoms with Gasteiger partial charge in [0.25, 0.3) is 0 Å². The van der Waals surface area contributed by atoms with Crippen LogP contribution in [0.1, 0.15) is 11.1 Å². The van der Waals surface area contributed by atoms with Gasteiger partial charge in [0.2, 0.25) is 11.8 Å². The van der Waals surface area contributed by atoms with Crippen molar-refractivity contribution in [3.8, 4) is 5.75 Å². The number of nitrogens with one attached hydrogen (secondary N) is 3. The van der Waals surface area contributed by atoms with Crippen LogP contribution in [0.15, 0.2) is 72.8 Å². The first kappa shape index (κ1) is 24.6. The molecule has 3 rings (SSSR count). The summed E-state index contributed by atoms with van der Waals surface area (Å²) >= 11 is 0. The minimum Gasteiger partial charge on any atom is -0.435 e. The molecule has 0 aliphatic heterocycles. The summed E-state index contributed by atoms with van der Waals surface area (Å²) in [6.07, 6.45) is 0.622. The van der Waals surface area contributed by atoms with E-state index in [4.69, 9.17) is 0 Å². The van der Waals surface area contributed by atoms with Gasteiger partial charge in [-0.15, -0.1) is 0 Å². The molecule has 0 spiro atoms. The van der Waals surface area contributed by atoms with Gasteiger partial charge in [0, 0.05) is 12.2 Å². The van der Waals surface area contributed by atoms with Crippen LogP contribution in [0, 0.1) is 5.82 Å². The van der Waals surface area contributed by atoms with E-state index < -0.39 is 12.4 Å². The first-order valence-electron chi connectivity index (χ1n) is 10.6. The van der Waals surface area contributed by atoms with Crippen molar-refractivity contribution in [1.82, 2.24) is 5.32 Å². The third-order valence-corrected chi connectivity index (χ3v) is 4.79. The van der Waals surface area contributed by atoms with E-state index >= 15 is 0 Å². The lowest BCUT2D eigenvalue weighted by molar-refractivity contribution is -0.119. The lowest BCUT2D eigenvalue weighted by Gasteiger charge is -2.11. The van der Waals surface area contributed by atoms with Gasteiger partial charge in [-0.3, -0.25) is 9.59 Å². The zero-order valence-corrected chi connectivity index (χ0v) is 18.2. The Morgan fingerprint density at radius 3 is 2.32 bits per heavy atom. The van der Waals surface area contributed by atoms with E-state index in [9.17, 15) is 22.8 Å². The molecule has 0 atom stereocenters. The Hall–Kier alpha value is -4.01. The molecular weight excluding hydrogens is 447 g/mol. The van der Waals surface area contributed by atoms with E-state index in [1.165, 1.54) is 30.3 Å². The molecular formula is C25H24F3N3O3. The van der Waals surface area contributed by atoms with Crippen LogP contribution in [-0.4, -0.2) is 31.5 Å². The number of amides is 2. The highest BCUT2D eigenvalue weighted by molar-refractivity contribution is 5.93. The molecule has 0 aliphatic carbocycles. The Bertz CT molecular complexity index is 1090. The summed E-state index contributed by atoms with van der Waals surface area (Å²) in [5, 5.41) is 8.18. The van der Waals surface area contributed by atoms with Crippen molar-refractivity contribution < 1.29 is 27.5 Å². The lowest BCUT2D eigenvalue weighted by atomic mass is 10.1. The zero-order chi connectivity index (χ0) is 24.3. The molecule has 6 nitrogen and oxygen atoms in total. The molecule has 0 radical (unpaired) electrons. The molecule has 9 heteroatoms. The van der Waals surface area contributed by atoms with Crippen molar-refractivity contribution in [3.63, 3.8) is 0 Å². The van der Waals surface area contributed by atoms with Gasteiger partial charge in [0.15, 0.2) is 0 Å². The van der Waals surface area contributed by atoms with Gasteiger partial charge in [-0.05, 0) is 47.9 Å².